The lowest BCUT2D eigenvalue weighted by Crippen LogP contribution is -2.44. The van der Waals surface area contributed by atoms with Gasteiger partial charge in [-0.25, -0.2) is 0 Å². The van der Waals surface area contributed by atoms with E-state index in [1.165, 1.54) is 7.11 Å². The van der Waals surface area contributed by atoms with Crippen molar-refractivity contribution >= 4 is 11.8 Å². The van der Waals surface area contributed by atoms with E-state index in [-0.39, 0.29) is 35.0 Å². The second-order valence-corrected chi connectivity index (χ2v) is 7.96. The minimum Gasteiger partial charge on any atom is -0.480 e. The van der Waals surface area contributed by atoms with E-state index in [0.717, 1.165) is 5.56 Å². The molecule has 0 aromatic carbocycles. The summed E-state index contributed by atoms with van der Waals surface area (Å²) in [6, 6.07) is 2.99. The average molecular weight is 386 g/mol. The van der Waals surface area contributed by atoms with Crippen molar-refractivity contribution in [2.75, 3.05) is 13.7 Å². The predicted octanol–water partition coefficient (Wildman–Crippen LogP) is 1.34. The molecule has 2 atom stereocenters. The summed E-state index contributed by atoms with van der Waals surface area (Å²) >= 11 is 0. The maximum absolute atomic E-state index is 12.8. The molecule has 1 fully saturated rings. The van der Waals surface area contributed by atoms with Gasteiger partial charge in [0.2, 0.25) is 11.8 Å². The zero-order valence-corrected chi connectivity index (χ0v) is 16.8. The van der Waals surface area contributed by atoms with Crippen molar-refractivity contribution in [2.45, 2.75) is 38.8 Å². The van der Waals surface area contributed by atoms with Gasteiger partial charge in [0.25, 0.3) is 5.91 Å². The monoisotopic (exact) mass is 386 g/mol. The molecule has 2 aromatic rings. The van der Waals surface area contributed by atoms with Gasteiger partial charge in [-0.2, -0.15) is 5.10 Å². The summed E-state index contributed by atoms with van der Waals surface area (Å²) in [5, 5.41) is 14.8. The number of rotatable bonds is 5. The number of carbonyl (C=O) groups is 2. The Morgan fingerprint density at radius 3 is 2.61 bits per heavy atom. The van der Waals surface area contributed by atoms with Crippen molar-refractivity contribution in [3.8, 4) is 5.88 Å². The van der Waals surface area contributed by atoms with Crippen molar-refractivity contribution in [2.24, 2.45) is 13.0 Å². The number of hydrogen-bond acceptors (Lipinski definition) is 6. The van der Waals surface area contributed by atoms with Crippen LogP contribution in [-0.2, 0) is 11.8 Å². The molecule has 150 valence electrons. The minimum absolute atomic E-state index is 0.0638. The SMILES string of the molecule is COc1ccc(C(=O)NC[C@@H]2CC(=O)N(C(C)(C)C)[C@H]2c2cnn(C)c2)nn1. The van der Waals surface area contributed by atoms with Crippen molar-refractivity contribution in [1.29, 1.82) is 0 Å². The van der Waals surface area contributed by atoms with E-state index in [1.54, 1.807) is 23.0 Å². The molecular formula is C19H26N6O3. The number of likely N-dealkylation sites (tertiary alicyclic amines) is 1. The Balaban J connectivity index is 1.77. The number of methoxy groups -OCH3 is 1. The lowest BCUT2D eigenvalue weighted by Gasteiger charge is -2.38. The third-order valence-electron chi connectivity index (χ3n) is 4.83. The molecule has 0 bridgehead atoms. The number of aromatic nitrogens is 4. The van der Waals surface area contributed by atoms with E-state index in [0.29, 0.717) is 18.8 Å². The molecule has 1 aliphatic heterocycles. The first-order valence-corrected chi connectivity index (χ1v) is 9.17. The number of nitrogens with zero attached hydrogens (tertiary/aromatic N) is 5. The molecule has 0 aliphatic carbocycles. The first-order valence-electron chi connectivity index (χ1n) is 9.17. The fraction of sp³-hybridized carbons (Fsp3) is 0.526. The topological polar surface area (TPSA) is 102 Å². The fourth-order valence-electron chi connectivity index (χ4n) is 3.65. The Hall–Kier alpha value is -2.97. The van der Waals surface area contributed by atoms with Gasteiger partial charge in [-0.15, -0.1) is 10.2 Å². The molecule has 1 saturated heterocycles. The van der Waals surface area contributed by atoms with Crippen molar-refractivity contribution in [3.05, 3.63) is 35.8 Å². The summed E-state index contributed by atoms with van der Waals surface area (Å²) in [4.78, 5) is 27.1. The molecule has 0 spiro atoms. The van der Waals surface area contributed by atoms with Gasteiger partial charge >= 0.3 is 0 Å². The summed E-state index contributed by atoms with van der Waals surface area (Å²) in [6.45, 7) is 6.40. The van der Waals surface area contributed by atoms with Crippen LogP contribution in [0.2, 0.25) is 0 Å². The number of nitrogens with one attached hydrogen (secondary N) is 1. The highest BCUT2D eigenvalue weighted by atomic mass is 16.5. The molecule has 3 rings (SSSR count). The summed E-state index contributed by atoms with van der Waals surface area (Å²) in [6.07, 6.45) is 4.07. The molecule has 9 nitrogen and oxygen atoms in total. The standard InChI is InChI=1S/C19H26N6O3/c1-19(2,3)25-16(26)8-12(17(25)13-10-21-24(4)11-13)9-20-18(27)14-6-7-15(28-5)23-22-14/h6-7,10-12,17H,8-9H2,1-5H3,(H,20,27)/t12-,17+/m0/s1. The predicted molar refractivity (Wildman–Crippen MR) is 102 cm³/mol. The summed E-state index contributed by atoms with van der Waals surface area (Å²) in [5.41, 5.74) is 0.833. The molecule has 0 saturated carbocycles. The van der Waals surface area contributed by atoms with Gasteiger partial charge in [-0.3, -0.25) is 14.3 Å². The Morgan fingerprint density at radius 2 is 2.07 bits per heavy atom. The van der Waals surface area contributed by atoms with Gasteiger partial charge in [0.05, 0.1) is 19.3 Å². The Bertz CT molecular complexity index is 855. The van der Waals surface area contributed by atoms with Crippen molar-refractivity contribution < 1.29 is 14.3 Å². The van der Waals surface area contributed by atoms with Crippen LogP contribution in [0.5, 0.6) is 5.88 Å². The maximum atomic E-state index is 12.8. The van der Waals surface area contributed by atoms with E-state index >= 15 is 0 Å². The van der Waals surface area contributed by atoms with Crippen LogP contribution >= 0.6 is 0 Å². The lowest BCUT2D eigenvalue weighted by atomic mass is 9.93. The number of carbonyl (C=O) groups excluding carboxylic acids is 2. The van der Waals surface area contributed by atoms with Gasteiger partial charge in [-0.1, -0.05) is 0 Å². The first kappa shape index (κ1) is 19.8. The molecular weight excluding hydrogens is 360 g/mol. The maximum Gasteiger partial charge on any atom is 0.271 e. The number of hydrogen-bond donors (Lipinski definition) is 1. The third kappa shape index (κ3) is 3.97. The molecule has 3 heterocycles. The van der Waals surface area contributed by atoms with E-state index in [1.807, 2.05) is 38.9 Å². The molecule has 0 unspecified atom stereocenters. The third-order valence-corrected chi connectivity index (χ3v) is 4.83. The molecule has 1 N–H and O–H groups in total. The summed E-state index contributed by atoms with van der Waals surface area (Å²) < 4.78 is 6.68. The number of amides is 2. The summed E-state index contributed by atoms with van der Waals surface area (Å²) in [5.74, 6) is 0.0214. The summed E-state index contributed by atoms with van der Waals surface area (Å²) in [7, 11) is 3.33. The van der Waals surface area contributed by atoms with E-state index in [4.69, 9.17) is 4.74 Å². The van der Waals surface area contributed by atoms with E-state index in [9.17, 15) is 9.59 Å². The molecule has 0 radical (unpaired) electrons. The van der Waals surface area contributed by atoms with Gasteiger partial charge < -0.3 is 15.0 Å². The van der Waals surface area contributed by atoms with Crippen LogP contribution in [0, 0.1) is 5.92 Å². The van der Waals surface area contributed by atoms with Crippen molar-refractivity contribution in [1.82, 2.24) is 30.2 Å². The molecule has 2 aromatic heterocycles. The van der Waals surface area contributed by atoms with Crippen LogP contribution in [0.1, 0.15) is 49.3 Å². The fourth-order valence-corrected chi connectivity index (χ4v) is 3.65. The second kappa shape index (κ2) is 7.57. The molecule has 9 heteroatoms. The Morgan fingerprint density at radius 1 is 1.32 bits per heavy atom. The van der Waals surface area contributed by atoms with Crippen LogP contribution < -0.4 is 10.1 Å². The van der Waals surface area contributed by atoms with Crippen molar-refractivity contribution in [3.63, 3.8) is 0 Å². The average Bonchev–Trinajstić information content (AvgIpc) is 3.22. The van der Waals surface area contributed by atoms with Crippen LogP contribution in [0.3, 0.4) is 0 Å². The normalized spacial score (nSPS) is 19.8. The van der Waals surface area contributed by atoms with Crippen LogP contribution in [-0.4, -0.2) is 55.9 Å². The highest BCUT2D eigenvalue weighted by molar-refractivity contribution is 5.92. The van der Waals surface area contributed by atoms with Crippen LogP contribution in [0.15, 0.2) is 24.5 Å². The molecule has 28 heavy (non-hydrogen) atoms. The van der Waals surface area contributed by atoms with Gasteiger partial charge in [0, 0.05) is 49.3 Å². The first-order chi connectivity index (χ1) is 13.2. The smallest absolute Gasteiger partial charge is 0.271 e. The second-order valence-electron chi connectivity index (χ2n) is 7.96. The lowest BCUT2D eigenvalue weighted by molar-refractivity contribution is -0.133. The highest BCUT2D eigenvalue weighted by Gasteiger charge is 2.45. The Kier molecular flexibility index (Phi) is 5.35. The van der Waals surface area contributed by atoms with Gasteiger partial charge in [-0.05, 0) is 26.8 Å². The van der Waals surface area contributed by atoms with Crippen LogP contribution in [0.25, 0.3) is 0 Å². The molecule has 1 aliphatic rings. The van der Waals surface area contributed by atoms with Gasteiger partial charge in [0.1, 0.15) is 0 Å². The van der Waals surface area contributed by atoms with Gasteiger partial charge in [0.15, 0.2) is 5.69 Å². The van der Waals surface area contributed by atoms with Crippen LogP contribution in [0.4, 0.5) is 0 Å². The minimum atomic E-state index is -0.336. The quantitative estimate of drug-likeness (QED) is 0.832. The largest absolute Gasteiger partial charge is 0.480 e. The highest BCUT2D eigenvalue weighted by Crippen LogP contribution is 2.42. The van der Waals surface area contributed by atoms with E-state index in [2.05, 4.69) is 20.6 Å². The number of ether oxygens (including phenoxy) is 1. The Labute approximate surface area is 164 Å². The molecule has 2 amide bonds. The number of aryl methyl sites for hydroxylation is 1. The zero-order chi connectivity index (χ0) is 20.5. The van der Waals surface area contributed by atoms with E-state index < -0.39 is 0 Å². The zero-order valence-electron chi connectivity index (χ0n) is 16.8.